The Hall–Kier alpha value is -1.24. The van der Waals surface area contributed by atoms with Gasteiger partial charge in [0.15, 0.2) is 6.71 Å². The van der Waals surface area contributed by atoms with Crippen molar-refractivity contribution in [3.05, 3.63) is 47.1 Å². The summed E-state index contributed by atoms with van der Waals surface area (Å²) in [5.74, 6) is 0. The van der Waals surface area contributed by atoms with Gasteiger partial charge in [0.05, 0.1) is 0 Å². The smallest absolute Gasteiger partial charge is 0.0836 e. The van der Waals surface area contributed by atoms with Crippen LogP contribution >= 0.6 is 0 Å². The first-order valence-corrected chi connectivity index (χ1v) is 8.74. The second-order valence-electron chi connectivity index (χ2n) is 9.14. The van der Waals surface area contributed by atoms with E-state index in [2.05, 4.69) is 71.9 Å². The molecule has 1 aliphatic heterocycles. The summed E-state index contributed by atoms with van der Waals surface area (Å²) in [6.45, 7) is 15.2. The van der Waals surface area contributed by atoms with E-state index < -0.39 is 0 Å². The van der Waals surface area contributed by atoms with Crippen LogP contribution in [0.4, 0.5) is 0 Å². The summed E-state index contributed by atoms with van der Waals surface area (Å²) in [4.78, 5) is 0. The Balaban J connectivity index is 1.82. The van der Waals surface area contributed by atoms with Crippen LogP contribution in [-0.2, 0) is 5.41 Å². The highest BCUT2D eigenvalue weighted by Crippen LogP contribution is 2.73. The summed E-state index contributed by atoms with van der Waals surface area (Å²) in [5.41, 5.74) is 7.94. The van der Waals surface area contributed by atoms with Crippen LogP contribution in [0.3, 0.4) is 0 Å². The molecule has 1 heterocycles. The Bertz CT molecular complexity index is 714. The fraction of sp³-hybridized carbons (Fsp3) is 0.524. The molecule has 0 nitrogen and oxygen atoms in total. The van der Waals surface area contributed by atoms with Crippen molar-refractivity contribution in [2.75, 3.05) is 0 Å². The van der Waals surface area contributed by atoms with Crippen LogP contribution in [0.1, 0.15) is 65.5 Å². The molecule has 114 valence electrons. The average Bonchev–Trinajstić information content (AvgIpc) is 2.75. The van der Waals surface area contributed by atoms with Crippen molar-refractivity contribution in [1.29, 1.82) is 0 Å². The summed E-state index contributed by atoms with van der Waals surface area (Å²) < 4.78 is 0. The van der Waals surface area contributed by atoms with Crippen LogP contribution in [0, 0.1) is 0 Å². The summed E-state index contributed by atoms with van der Waals surface area (Å²) in [6.07, 6.45) is 7.12. The van der Waals surface area contributed by atoms with Gasteiger partial charge in [-0.05, 0) is 29.5 Å². The zero-order valence-electron chi connectivity index (χ0n) is 14.9. The van der Waals surface area contributed by atoms with Gasteiger partial charge in [-0.3, -0.25) is 0 Å². The molecule has 4 rings (SSSR count). The van der Waals surface area contributed by atoms with E-state index in [1.54, 1.807) is 16.6 Å². The van der Waals surface area contributed by atoms with Gasteiger partial charge in [0.1, 0.15) is 0 Å². The molecule has 1 fully saturated rings. The lowest BCUT2D eigenvalue weighted by atomic mass is 9.52. The predicted octanol–water partition coefficient (Wildman–Crippen LogP) is 5.36. The highest BCUT2D eigenvalue weighted by Gasteiger charge is 2.67. The molecule has 0 aromatic heterocycles. The highest BCUT2D eigenvalue weighted by molar-refractivity contribution is 6.89. The van der Waals surface area contributed by atoms with Crippen molar-refractivity contribution < 1.29 is 0 Å². The zero-order chi connectivity index (χ0) is 15.9. The topological polar surface area (TPSA) is 0 Å². The third kappa shape index (κ3) is 1.55. The normalized spacial score (nSPS) is 26.0. The molecule has 1 heteroatoms. The largest absolute Gasteiger partial charge is 0.187 e. The molecule has 1 saturated heterocycles. The maximum atomic E-state index is 2.53. The molecule has 0 unspecified atom stereocenters. The fourth-order valence-corrected chi connectivity index (χ4v) is 5.25. The van der Waals surface area contributed by atoms with Crippen molar-refractivity contribution in [1.82, 2.24) is 0 Å². The van der Waals surface area contributed by atoms with Crippen molar-refractivity contribution in [2.45, 2.75) is 70.4 Å². The predicted molar refractivity (Wildman–Crippen MR) is 98.2 cm³/mol. The Morgan fingerprint density at radius 2 is 1.64 bits per heavy atom. The van der Waals surface area contributed by atoms with E-state index in [-0.39, 0.29) is 5.41 Å². The second-order valence-corrected chi connectivity index (χ2v) is 9.14. The molecule has 2 aliphatic carbocycles. The van der Waals surface area contributed by atoms with Gasteiger partial charge in [-0.2, -0.15) is 0 Å². The lowest BCUT2D eigenvalue weighted by molar-refractivity contribution is 0.608. The van der Waals surface area contributed by atoms with Crippen molar-refractivity contribution in [3.8, 4) is 0 Å². The molecule has 0 saturated carbocycles. The van der Waals surface area contributed by atoms with Gasteiger partial charge >= 0.3 is 0 Å². The summed E-state index contributed by atoms with van der Waals surface area (Å²) in [7, 11) is 0. The van der Waals surface area contributed by atoms with E-state index >= 15 is 0 Å². The van der Waals surface area contributed by atoms with Gasteiger partial charge < -0.3 is 0 Å². The van der Waals surface area contributed by atoms with Gasteiger partial charge in [0.2, 0.25) is 0 Å². The standard InChI is InChI=1S/C21H27B/c1-19(2)17-10-8-7-9-15(17)16-12-11-14(13-18(16)19)22-20(3,4)21(22,5)6/h7,9,11-13H,8,10H2,1-6H3. The van der Waals surface area contributed by atoms with Gasteiger partial charge in [-0.1, -0.05) is 93.6 Å². The Kier molecular flexibility index (Phi) is 2.60. The van der Waals surface area contributed by atoms with E-state index in [4.69, 9.17) is 0 Å². The Labute approximate surface area is 135 Å². The highest BCUT2D eigenvalue weighted by atomic mass is 14.5. The molecule has 3 aliphatic rings. The molecule has 0 spiro atoms. The fourth-order valence-electron chi connectivity index (χ4n) is 5.25. The van der Waals surface area contributed by atoms with E-state index in [9.17, 15) is 0 Å². The van der Waals surface area contributed by atoms with Gasteiger partial charge in [-0.15, -0.1) is 0 Å². The molecule has 0 atom stereocenters. The van der Waals surface area contributed by atoms with Crippen LogP contribution in [0.25, 0.3) is 5.57 Å². The Morgan fingerprint density at radius 1 is 0.955 bits per heavy atom. The molecule has 0 radical (unpaired) electrons. The Morgan fingerprint density at radius 3 is 2.27 bits per heavy atom. The first-order chi connectivity index (χ1) is 10.2. The van der Waals surface area contributed by atoms with E-state index in [0.717, 1.165) is 0 Å². The third-order valence-corrected chi connectivity index (χ3v) is 7.29. The molecule has 0 N–H and O–H groups in total. The first kappa shape index (κ1) is 14.4. The minimum absolute atomic E-state index is 0.203. The van der Waals surface area contributed by atoms with Crippen LogP contribution in [0.2, 0.25) is 10.6 Å². The van der Waals surface area contributed by atoms with Crippen LogP contribution in [0.5, 0.6) is 0 Å². The van der Waals surface area contributed by atoms with Crippen molar-refractivity contribution in [2.24, 2.45) is 0 Å². The molecular formula is C21H27B. The minimum atomic E-state index is 0.203. The monoisotopic (exact) mass is 290 g/mol. The number of rotatable bonds is 1. The number of fused-ring (bicyclic) bond motifs is 2. The number of benzene rings is 1. The van der Waals surface area contributed by atoms with Crippen LogP contribution in [0.15, 0.2) is 35.9 Å². The SMILES string of the molecule is CC1(C)C2=C(C=CCC2)c2ccc(B3C(C)(C)C3(C)C)cc21. The van der Waals surface area contributed by atoms with E-state index in [1.807, 2.05) is 0 Å². The van der Waals surface area contributed by atoms with Crippen molar-refractivity contribution >= 4 is 17.7 Å². The minimum Gasteiger partial charge on any atom is -0.0836 e. The molecule has 1 aromatic carbocycles. The number of hydrogen-bond donors (Lipinski definition) is 0. The summed E-state index contributed by atoms with van der Waals surface area (Å²) >= 11 is 0. The maximum Gasteiger partial charge on any atom is 0.187 e. The van der Waals surface area contributed by atoms with Gasteiger partial charge in [0, 0.05) is 5.41 Å². The summed E-state index contributed by atoms with van der Waals surface area (Å²) in [5, 5.41) is 0.827. The quantitative estimate of drug-likeness (QED) is 0.611. The molecule has 22 heavy (non-hydrogen) atoms. The zero-order valence-corrected chi connectivity index (χ0v) is 14.9. The molecular weight excluding hydrogens is 263 g/mol. The maximum absolute atomic E-state index is 2.53. The van der Waals surface area contributed by atoms with E-state index in [0.29, 0.717) is 17.3 Å². The average molecular weight is 290 g/mol. The second kappa shape index (κ2) is 3.99. The molecule has 0 amide bonds. The lowest BCUT2D eigenvalue weighted by Crippen LogP contribution is -2.25. The van der Waals surface area contributed by atoms with E-state index in [1.165, 1.54) is 24.0 Å². The van der Waals surface area contributed by atoms with Crippen LogP contribution < -0.4 is 5.46 Å². The molecule has 0 bridgehead atoms. The first-order valence-electron chi connectivity index (χ1n) is 8.74. The number of allylic oxidation sites excluding steroid dienone is 4. The van der Waals surface area contributed by atoms with Crippen molar-refractivity contribution in [3.63, 3.8) is 0 Å². The lowest BCUT2D eigenvalue weighted by Gasteiger charge is -2.26. The third-order valence-electron chi connectivity index (χ3n) is 7.29. The number of hydrogen-bond acceptors (Lipinski definition) is 0. The van der Waals surface area contributed by atoms with Gasteiger partial charge in [-0.25, -0.2) is 0 Å². The molecule has 1 aromatic rings. The summed E-state index contributed by atoms with van der Waals surface area (Å²) in [6, 6.07) is 7.33. The van der Waals surface area contributed by atoms with Gasteiger partial charge in [0.25, 0.3) is 0 Å². The van der Waals surface area contributed by atoms with Crippen LogP contribution in [-0.4, -0.2) is 6.71 Å².